The zero-order valence-corrected chi connectivity index (χ0v) is 12.6. The minimum absolute atomic E-state index is 0.00591. The fourth-order valence-electron chi connectivity index (χ4n) is 2.43. The van der Waals surface area contributed by atoms with Crippen LogP contribution in [0.2, 0.25) is 0 Å². The largest absolute Gasteiger partial charge is 0.472 e. The zero-order chi connectivity index (χ0) is 14.5. The van der Waals surface area contributed by atoms with Crippen LogP contribution in [0.5, 0.6) is 0 Å². The van der Waals surface area contributed by atoms with E-state index in [1.165, 1.54) is 5.56 Å². The minimum Gasteiger partial charge on any atom is -0.472 e. The van der Waals surface area contributed by atoms with Crippen molar-refractivity contribution in [1.29, 1.82) is 0 Å². The average molecular weight is 305 g/mol. The monoisotopic (exact) mass is 305 g/mol. The molecule has 1 saturated heterocycles. The van der Waals surface area contributed by atoms with Gasteiger partial charge in [-0.1, -0.05) is 0 Å². The van der Waals surface area contributed by atoms with E-state index in [2.05, 4.69) is 27.0 Å². The fraction of sp³-hybridized carbons (Fsp3) is 0.400. The molecular weight excluding hydrogens is 286 g/mol. The molecule has 0 bridgehead atoms. The molecule has 2 amide bonds. The highest BCUT2D eigenvalue weighted by atomic mass is 32.1. The van der Waals surface area contributed by atoms with Gasteiger partial charge in [0.25, 0.3) is 0 Å². The maximum Gasteiger partial charge on any atom is 0.317 e. The molecule has 1 N–H and O–H groups in total. The lowest BCUT2D eigenvalue weighted by Crippen LogP contribution is -2.51. The number of nitrogens with one attached hydrogen (secondary N) is 1. The Bertz CT molecular complexity index is 546. The van der Waals surface area contributed by atoms with Gasteiger partial charge in [-0.25, -0.2) is 4.79 Å². The highest BCUT2D eigenvalue weighted by molar-refractivity contribution is 7.07. The van der Waals surface area contributed by atoms with Gasteiger partial charge in [-0.2, -0.15) is 11.3 Å². The van der Waals surface area contributed by atoms with E-state index in [0.717, 1.165) is 38.3 Å². The van der Waals surface area contributed by atoms with Crippen LogP contribution in [-0.2, 0) is 13.1 Å². The van der Waals surface area contributed by atoms with Crippen LogP contribution < -0.4 is 5.32 Å². The third-order valence-corrected chi connectivity index (χ3v) is 4.40. The van der Waals surface area contributed by atoms with Crippen LogP contribution in [0.4, 0.5) is 4.79 Å². The van der Waals surface area contributed by atoms with Gasteiger partial charge in [-0.15, -0.1) is 0 Å². The van der Waals surface area contributed by atoms with Gasteiger partial charge in [0.15, 0.2) is 0 Å². The number of carbonyl (C=O) groups excluding carboxylic acids is 1. The van der Waals surface area contributed by atoms with Crippen molar-refractivity contribution in [3.8, 4) is 0 Å². The van der Waals surface area contributed by atoms with E-state index < -0.39 is 0 Å². The number of hydrogen-bond donors (Lipinski definition) is 1. The number of amides is 2. The molecule has 0 unspecified atom stereocenters. The first-order valence-electron chi connectivity index (χ1n) is 7.08. The number of nitrogens with zero attached hydrogens (tertiary/aromatic N) is 2. The van der Waals surface area contributed by atoms with Gasteiger partial charge >= 0.3 is 6.03 Å². The van der Waals surface area contributed by atoms with Crippen molar-refractivity contribution in [2.75, 3.05) is 26.2 Å². The van der Waals surface area contributed by atoms with Crippen LogP contribution in [-0.4, -0.2) is 42.0 Å². The Balaban J connectivity index is 1.41. The van der Waals surface area contributed by atoms with Crippen molar-refractivity contribution in [2.45, 2.75) is 13.1 Å². The molecule has 0 atom stereocenters. The van der Waals surface area contributed by atoms with Gasteiger partial charge in [0.05, 0.1) is 12.5 Å². The summed E-state index contributed by atoms with van der Waals surface area (Å²) in [7, 11) is 0. The molecule has 3 heterocycles. The summed E-state index contributed by atoms with van der Waals surface area (Å²) < 4.78 is 4.99. The Hall–Kier alpha value is -1.79. The molecule has 1 aliphatic heterocycles. The summed E-state index contributed by atoms with van der Waals surface area (Å²) in [4.78, 5) is 16.4. The minimum atomic E-state index is 0.00591. The molecule has 2 aromatic rings. The summed E-state index contributed by atoms with van der Waals surface area (Å²) in [6.07, 6.45) is 3.27. The normalized spacial score (nSPS) is 16.1. The predicted molar refractivity (Wildman–Crippen MR) is 82.1 cm³/mol. The molecule has 6 heteroatoms. The topological polar surface area (TPSA) is 48.7 Å². The standard InChI is InChI=1S/C15H19N3O2S/c19-15(16-9-13-1-7-20-11-13)18-5-3-17(4-6-18)10-14-2-8-21-12-14/h1-2,7-8,11-12H,3-6,9-10H2,(H,16,19). The number of furan rings is 1. The van der Waals surface area contributed by atoms with Gasteiger partial charge in [0, 0.05) is 44.8 Å². The number of urea groups is 1. The van der Waals surface area contributed by atoms with Crippen LogP contribution in [0.3, 0.4) is 0 Å². The van der Waals surface area contributed by atoms with Crippen molar-refractivity contribution < 1.29 is 9.21 Å². The van der Waals surface area contributed by atoms with E-state index >= 15 is 0 Å². The summed E-state index contributed by atoms with van der Waals surface area (Å²) in [6.45, 7) is 4.91. The summed E-state index contributed by atoms with van der Waals surface area (Å²) >= 11 is 1.73. The van der Waals surface area contributed by atoms with Crippen molar-refractivity contribution in [2.24, 2.45) is 0 Å². The molecule has 0 spiro atoms. The number of rotatable bonds is 4. The zero-order valence-electron chi connectivity index (χ0n) is 11.8. The van der Waals surface area contributed by atoms with Crippen molar-refractivity contribution in [1.82, 2.24) is 15.1 Å². The van der Waals surface area contributed by atoms with Crippen molar-refractivity contribution >= 4 is 17.4 Å². The Morgan fingerprint density at radius 2 is 2.10 bits per heavy atom. The van der Waals surface area contributed by atoms with Gasteiger partial charge in [0.2, 0.25) is 0 Å². The van der Waals surface area contributed by atoms with E-state index in [1.54, 1.807) is 23.9 Å². The van der Waals surface area contributed by atoms with Crippen LogP contribution in [0.1, 0.15) is 11.1 Å². The first-order valence-corrected chi connectivity index (χ1v) is 8.03. The molecule has 0 saturated carbocycles. The van der Waals surface area contributed by atoms with Crippen LogP contribution in [0.25, 0.3) is 0 Å². The molecule has 5 nitrogen and oxygen atoms in total. The maximum absolute atomic E-state index is 12.1. The van der Waals surface area contributed by atoms with Crippen LogP contribution >= 0.6 is 11.3 Å². The predicted octanol–water partition coefficient (Wildman–Crippen LogP) is 2.37. The van der Waals surface area contributed by atoms with Gasteiger partial charge in [-0.3, -0.25) is 4.90 Å². The first-order chi connectivity index (χ1) is 10.3. The summed E-state index contributed by atoms with van der Waals surface area (Å²) in [5.41, 5.74) is 2.34. The number of piperazine rings is 1. The van der Waals surface area contributed by atoms with E-state index in [0.29, 0.717) is 6.54 Å². The fourth-order valence-corrected chi connectivity index (χ4v) is 3.09. The molecule has 3 rings (SSSR count). The Morgan fingerprint density at radius 1 is 1.24 bits per heavy atom. The molecule has 0 aliphatic carbocycles. The number of hydrogen-bond acceptors (Lipinski definition) is 4. The molecule has 112 valence electrons. The quantitative estimate of drug-likeness (QED) is 0.943. The number of thiophene rings is 1. The van der Waals surface area contributed by atoms with E-state index in [9.17, 15) is 4.79 Å². The number of carbonyl (C=O) groups is 1. The third kappa shape index (κ3) is 3.86. The lowest BCUT2D eigenvalue weighted by molar-refractivity contribution is 0.135. The lowest BCUT2D eigenvalue weighted by Gasteiger charge is -2.34. The highest BCUT2D eigenvalue weighted by Gasteiger charge is 2.20. The van der Waals surface area contributed by atoms with Crippen LogP contribution in [0.15, 0.2) is 39.8 Å². The van der Waals surface area contributed by atoms with Crippen molar-refractivity contribution in [3.63, 3.8) is 0 Å². The van der Waals surface area contributed by atoms with Crippen molar-refractivity contribution in [3.05, 3.63) is 46.5 Å². The SMILES string of the molecule is O=C(NCc1ccoc1)N1CCN(Cc2ccsc2)CC1. The molecule has 21 heavy (non-hydrogen) atoms. The van der Waals surface area contributed by atoms with E-state index in [1.807, 2.05) is 11.0 Å². The molecule has 1 aliphatic rings. The maximum atomic E-state index is 12.1. The molecule has 2 aromatic heterocycles. The molecule has 0 radical (unpaired) electrons. The van der Waals surface area contributed by atoms with E-state index in [-0.39, 0.29) is 6.03 Å². The summed E-state index contributed by atoms with van der Waals surface area (Å²) in [6, 6.07) is 4.03. The molecular formula is C15H19N3O2S. The lowest BCUT2D eigenvalue weighted by atomic mass is 10.2. The summed E-state index contributed by atoms with van der Waals surface area (Å²) in [5.74, 6) is 0. The molecule has 0 aromatic carbocycles. The van der Waals surface area contributed by atoms with Crippen LogP contribution in [0, 0.1) is 0 Å². The third-order valence-electron chi connectivity index (χ3n) is 3.67. The van der Waals surface area contributed by atoms with E-state index in [4.69, 9.17) is 4.42 Å². The second-order valence-electron chi connectivity index (χ2n) is 5.19. The second kappa shape index (κ2) is 6.78. The first kappa shape index (κ1) is 14.2. The smallest absolute Gasteiger partial charge is 0.317 e. The Labute approximate surface area is 128 Å². The second-order valence-corrected chi connectivity index (χ2v) is 5.97. The Morgan fingerprint density at radius 3 is 2.76 bits per heavy atom. The average Bonchev–Trinajstić information content (AvgIpc) is 3.19. The molecule has 1 fully saturated rings. The summed E-state index contributed by atoms with van der Waals surface area (Å²) in [5, 5.41) is 7.22. The highest BCUT2D eigenvalue weighted by Crippen LogP contribution is 2.11. The van der Waals surface area contributed by atoms with Gasteiger partial charge in [-0.05, 0) is 28.5 Å². The van der Waals surface area contributed by atoms with Gasteiger partial charge in [0.1, 0.15) is 0 Å². The Kier molecular flexibility index (Phi) is 4.57. The van der Waals surface area contributed by atoms with Gasteiger partial charge < -0.3 is 14.6 Å².